The van der Waals surface area contributed by atoms with Crippen molar-refractivity contribution in [1.82, 2.24) is 10.2 Å². The average Bonchev–Trinajstić information content (AvgIpc) is 3.11. The van der Waals surface area contributed by atoms with Crippen LogP contribution in [-0.4, -0.2) is 29.7 Å². The number of amides is 3. The lowest BCUT2D eigenvalue weighted by atomic mass is 9.98. The van der Waals surface area contributed by atoms with Crippen LogP contribution in [0.5, 0.6) is 0 Å². The number of nitriles is 1. The Morgan fingerprint density at radius 2 is 2.28 bits per heavy atom. The number of ether oxygens (including phenoxy) is 1. The highest BCUT2D eigenvalue weighted by atomic mass is 16.6. The zero-order chi connectivity index (χ0) is 13.3. The van der Waals surface area contributed by atoms with Gasteiger partial charge in [-0.25, -0.2) is 14.5 Å². The second-order valence-corrected chi connectivity index (χ2v) is 4.43. The number of rotatable bonds is 2. The summed E-state index contributed by atoms with van der Waals surface area (Å²) in [6.07, 6.45) is 1.16. The van der Waals surface area contributed by atoms with Crippen molar-refractivity contribution in [3.8, 4) is 6.07 Å². The molecule has 18 heavy (non-hydrogen) atoms. The number of carbonyl (C=O) groups excluding carboxylic acids is 2. The van der Waals surface area contributed by atoms with Gasteiger partial charge >= 0.3 is 12.1 Å². The standard InChI is InChI=1S/C12H15N3O3/c1-3-18-12(17)15-10(8-4-5-8)9(6-13)7(2)14-11(15)16/h8,10H,3-5H2,1-2H3,(H,14,16). The average molecular weight is 249 g/mol. The van der Waals surface area contributed by atoms with Gasteiger partial charge in [0.05, 0.1) is 24.3 Å². The predicted molar refractivity (Wildman–Crippen MR) is 62.2 cm³/mol. The molecule has 0 aromatic rings. The quantitative estimate of drug-likeness (QED) is 0.808. The Morgan fingerprint density at radius 1 is 1.61 bits per heavy atom. The molecule has 1 saturated carbocycles. The van der Waals surface area contributed by atoms with Crippen molar-refractivity contribution < 1.29 is 14.3 Å². The summed E-state index contributed by atoms with van der Waals surface area (Å²) in [6, 6.07) is 1.11. The van der Waals surface area contributed by atoms with Crippen LogP contribution in [0.3, 0.4) is 0 Å². The molecule has 1 unspecified atom stereocenters. The lowest BCUT2D eigenvalue weighted by Gasteiger charge is -2.33. The molecule has 0 aromatic carbocycles. The van der Waals surface area contributed by atoms with Crippen molar-refractivity contribution in [2.45, 2.75) is 32.7 Å². The van der Waals surface area contributed by atoms with Gasteiger partial charge in [0.1, 0.15) is 0 Å². The van der Waals surface area contributed by atoms with Gasteiger partial charge in [0.15, 0.2) is 0 Å². The minimum atomic E-state index is -0.688. The molecule has 1 atom stereocenters. The van der Waals surface area contributed by atoms with E-state index in [9.17, 15) is 14.9 Å². The first-order valence-corrected chi connectivity index (χ1v) is 5.98. The third-order valence-corrected chi connectivity index (χ3v) is 3.14. The number of nitrogens with zero attached hydrogens (tertiary/aromatic N) is 2. The van der Waals surface area contributed by atoms with E-state index in [-0.39, 0.29) is 12.5 Å². The summed E-state index contributed by atoms with van der Waals surface area (Å²) in [4.78, 5) is 24.8. The number of imide groups is 1. The maximum atomic E-state index is 11.9. The highest BCUT2D eigenvalue weighted by Crippen LogP contribution is 2.40. The minimum absolute atomic E-state index is 0.185. The molecule has 1 heterocycles. The van der Waals surface area contributed by atoms with Crippen molar-refractivity contribution in [3.63, 3.8) is 0 Å². The number of urea groups is 1. The van der Waals surface area contributed by atoms with E-state index < -0.39 is 18.2 Å². The summed E-state index contributed by atoms with van der Waals surface area (Å²) < 4.78 is 4.88. The summed E-state index contributed by atoms with van der Waals surface area (Å²) in [7, 11) is 0. The SMILES string of the molecule is CCOC(=O)N1C(=O)NC(C)=C(C#N)C1C1CC1. The Morgan fingerprint density at radius 3 is 2.78 bits per heavy atom. The summed E-state index contributed by atoms with van der Waals surface area (Å²) in [5.41, 5.74) is 0.977. The smallest absolute Gasteiger partial charge is 0.418 e. The van der Waals surface area contributed by atoms with Gasteiger partial charge < -0.3 is 10.1 Å². The zero-order valence-corrected chi connectivity index (χ0v) is 10.4. The number of nitrogens with one attached hydrogen (secondary N) is 1. The highest BCUT2D eigenvalue weighted by molar-refractivity contribution is 5.94. The van der Waals surface area contributed by atoms with Crippen molar-refractivity contribution in [1.29, 1.82) is 5.26 Å². The lowest BCUT2D eigenvalue weighted by molar-refractivity contribution is 0.101. The minimum Gasteiger partial charge on any atom is -0.449 e. The molecule has 1 fully saturated rings. The molecule has 0 bridgehead atoms. The fraction of sp³-hybridized carbons (Fsp3) is 0.583. The van der Waals surface area contributed by atoms with E-state index in [1.54, 1.807) is 13.8 Å². The van der Waals surface area contributed by atoms with Crippen molar-refractivity contribution >= 4 is 12.1 Å². The third-order valence-electron chi connectivity index (χ3n) is 3.14. The Kier molecular flexibility index (Phi) is 3.24. The van der Waals surface area contributed by atoms with E-state index in [0.29, 0.717) is 11.3 Å². The number of allylic oxidation sites excluding steroid dienone is 1. The van der Waals surface area contributed by atoms with E-state index in [4.69, 9.17) is 4.74 Å². The maximum absolute atomic E-state index is 11.9. The van der Waals surface area contributed by atoms with Crippen LogP contribution in [0.1, 0.15) is 26.7 Å². The molecule has 6 heteroatoms. The summed E-state index contributed by atoms with van der Waals surface area (Å²) in [5.74, 6) is 0.185. The lowest BCUT2D eigenvalue weighted by Crippen LogP contribution is -2.54. The predicted octanol–water partition coefficient (Wildman–Crippen LogP) is 1.74. The van der Waals surface area contributed by atoms with E-state index in [0.717, 1.165) is 17.7 Å². The summed E-state index contributed by atoms with van der Waals surface area (Å²) in [5, 5.41) is 11.7. The molecule has 0 aromatic heterocycles. The van der Waals surface area contributed by atoms with Gasteiger partial charge in [-0.15, -0.1) is 0 Å². The Labute approximate surface area is 105 Å². The first-order valence-electron chi connectivity index (χ1n) is 5.98. The first-order chi connectivity index (χ1) is 8.60. The van der Waals surface area contributed by atoms with Crippen molar-refractivity contribution in [2.75, 3.05) is 6.61 Å². The topological polar surface area (TPSA) is 82.4 Å². The van der Waals surface area contributed by atoms with E-state index in [2.05, 4.69) is 11.4 Å². The van der Waals surface area contributed by atoms with Crippen LogP contribution in [0, 0.1) is 17.2 Å². The number of carbonyl (C=O) groups is 2. The van der Waals surface area contributed by atoms with Gasteiger partial charge in [-0.1, -0.05) is 0 Å². The van der Waals surface area contributed by atoms with Gasteiger partial charge in [0.2, 0.25) is 0 Å². The van der Waals surface area contributed by atoms with Gasteiger partial charge in [0, 0.05) is 5.70 Å². The van der Waals surface area contributed by atoms with Crippen LogP contribution in [0.15, 0.2) is 11.3 Å². The summed E-state index contributed by atoms with van der Waals surface area (Å²) >= 11 is 0. The van der Waals surface area contributed by atoms with E-state index >= 15 is 0 Å². The van der Waals surface area contributed by atoms with Crippen LogP contribution in [0.25, 0.3) is 0 Å². The van der Waals surface area contributed by atoms with Crippen LogP contribution in [-0.2, 0) is 4.74 Å². The van der Waals surface area contributed by atoms with Gasteiger partial charge in [0.25, 0.3) is 0 Å². The first kappa shape index (κ1) is 12.4. The molecule has 0 spiro atoms. The molecule has 1 N–H and O–H groups in total. The van der Waals surface area contributed by atoms with Crippen LogP contribution in [0.2, 0.25) is 0 Å². The molecule has 1 aliphatic carbocycles. The van der Waals surface area contributed by atoms with Crippen LogP contribution >= 0.6 is 0 Å². The molecule has 6 nitrogen and oxygen atoms in total. The number of hydrogen-bond acceptors (Lipinski definition) is 4. The summed E-state index contributed by atoms with van der Waals surface area (Å²) in [6.45, 7) is 3.55. The Hall–Kier alpha value is -2.03. The highest BCUT2D eigenvalue weighted by Gasteiger charge is 2.46. The van der Waals surface area contributed by atoms with Crippen LogP contribution < -0.4 is 5.32 Å². The molecule has 96 valence electrons. The molecule has 0 radical (unpaired) electrons. The fourth-order valence-corrected chi connectivity index (χ4v) is 2.16. The largest absolute Gasteiger partial charge is 0.449 e. The monoisotopic (exact) mass is 249 g/mol. The van der Waals surface area contributed by atoms with Crippen molar-refractivity contribution in [2.24, 2.45) is 5.92 Å². The second-order valence-electron chi connectivity index (χ2n) is 4.43. The van der Waals surface area contributed by atoms with Gasteiger partial charge in [-0.2, -0.15) is 5.26 Å². The Balaban J connectivity index is 2.35. The van der Waals surface area contributed by atoms with E-state index in [1.807, 2.05) is 0 Å². The number of hydrogen-bond donors (Lipinski definition) is 1. The Bertz CT molecular complexity index is 460. The molecule has 2 rings (SSSR count). The van der Waals surface area contributed by atoms with Crippen molar-refractivity contribution in [3.05, 3.63) is 11.3 Å². The molecule has 2 aliphatic rings. The molecule has 1 aliphatic heterocycles. The molecule has 3 amide bonds. The van der Waals surface area contributed by atoms with Gasteiger partial charge in [-0.3, -0.25) is 0 Å². The molecular formula is C12H15N3O3. The van der Waals surface area contributed by atoms with Gasteiger partial charge in [-0.05, 0) is 32.6 Å². The molecule has 0 saturated heterocycles. The van der Waals surface area contributed by atoms with Crippen LogP contribution in [0.4, 0.5) is 9.59 Å². The fourth-order valence-electron chi connectivity index (χ4n) is 2.16. The third kappa shape index (κ3) is 2.04. The molecular weight excluding hydrogens is 234 g/mol. The normalized spacial score (nSPS) is 23.5. The zero-order valence-electron chi connectivity index (χ0n) is 10.4. The maximum Gasteiger partial charge on any atom is 0.418 e. The van der Waals surface area contributed by atoms with E-state index in [1.165, 1.54) is 0 Å². The second kappa shape index (κ2) is 4.69.